The molecule has 2 nitrogen and oxygen atoms in total. The number of fused-ring (bicyclic) bond motifs is 1. The fourth-order valence-electron chi connectivity index (χ4n) is 4.11. The Labute approximate surface area is 173 Å². The van der Waals surface area contributed by atoms with Crippen LogP contribution in [0.25, 0.3) is 33.4 Å². The van der Waals surface area contributed by atoms with Gasteiger partial charge in [-0.05, 0) is 67.5 Å². The summed E-state index contributed by atoms with van der Waals surface area (Å²) >= 11 is 0. The van der Waals surface area contributed by atoms with Gasteiger partial charge in [0.1, 0.15) is 11.5 Å². The van der Waals surface area contributed by atoms with Crippen molar-refractivity contribution in [3.63, 3.8) is 0 Å². The van der Waals surface area contributed by atoms with Gasteiger partial charge in [0.25, 0.3) is 0 Å². The van der Waals surface area contributed by atoms with Crippen molar-refractivity contribution < 1.29 is 4.42 Å². The van der Waals surface area contributed by atoms with Crippen LogP contribution < -0.4 is 0 Å². The number of hydrogen-bond donors (Lipinski definition) is 0. The third kappa shape index (κ3) is 4.12. The highest BCUT2D eigenvalue weighted by Gasteiger charge is 2.17. The second kappa shape index (κ2) is 7.18. The van der Waals surface area contributed by atoms with E-state index < -0.39 is 0 Å². The lowest BCUT2D eigenvalue weighted by Crippen LogP contribution is -2.08. The maximum atomic E-state index is 6.26. The van der Waals surface area contributed by atoms with Gasteiger partial charge in [-0.3, -0.25) is 4.98 Å². The van der Waals surface area contributed by atoms with Crippen molar-refractivity contribution >= 4 is 10.8 Å². The monoisotopic (exact) mass is 383 g/mol. The number of furan rings is 1. The molecule has 0 aliphatic rings. The zero-order valence-electron chi connectivity index (χ0n) is 18.3. The van der Waals surface area contributed by atoms with E-state index in [4.69, 9.17) is 9.40 Å². The van der Waals surface area contributed by atoms with E-state index in [9.17, 15) is 0 Å². The standard InChI is InChI=1S/C27H29NO/c1-17-11-18(2)13-22(12-17)25-24-8-7-21(15-20(24)9-10-28-25)26-19(3)14-23(29-26)16-27(4,5)6/h7-15H,16H2,1-6H3. The zero-order chi connectivity index (χ0) is 20.8. The SMILES string of the molecule is Cc1cc(C)cc(-c2nccc3cc(-c4oc(CC(C)(C)C)cc4C)ccc23)c1. The van der Waals surface area contributed by atoms with E-state index in [-0.39, 0.29) is 5.41 Å². The van der Waals surface area contributed by atoms with Crippen molar-refractivity contribution in [3.05, 3.63) is 77.2 Å². The summed E-state index contributed by atoms with van der Waals surface area (Å²) < 4.78 is 6.26. The molecule has 0 spiro atoms. The normalized spacial score (nSPS) is 11.9. The molecule has 4 aromatic rings. The number of rotatable bonds is 3. The van der Waals surface area contributed by atoms with E-state index in [1.165, 1.54) is 33.0 Å². The highest BCUT2D eigenvalue weighted by Crippen LogP contribution is 2.34. The van der Waals surface area contributed by atoms with Crippen LogP contribution in [0, 0.1) is 26.2 Å². The average Bonchev–Trinajstić information content (AvgIpc) is 2.98. The van der Waals surface area contributed by atoms with E-state index in [0.717, 1.165) is 29.2 Å². The molecule has 2 heterocycles. The molecule has 0 N–H and O–H groups in total. The molecule has 0 saturated carbocycles. The summed E-state index contributed by atoms with van der Waals surface area (Å²) in [6, 6.07) is 17.4. The fourth-order valence-corrected chi connectivity index (χ4v) is 4.11. The van der Waals surface area contributed by atoms with Gasteiger partial charge in [-0.25, -0.2) is 0 Å². The Morgan fingerprint density at radius 3 is 2.24 bits per heavy atom. The number of benzene rings is 2. The lowest BCUT2D eigenvalue weighted by Gasteiger charge is -2.15. The molecular formula is C27H29NO. The van der Waals surface area contributed by atoms with Crippen LogP contribution in [0.1, 0.15) is 43.2 Å². The molecule has 0 fully saturated rings. The van der Waals surface area contributed by atoms with Gasteiger partial charge >= 0.3 is 0 Å². The van der Waals surface area contributed by atoms with Crippen LogP contribution in [0.4, 0.5) is 0 Å². The van der Waals surface area contributed by atoms with Crippen LogP contribution in [0.2, 0.25) is 0 Å². The highest BCUT2D eigenvalue weighted by atomic mass is 16.3. The third-order valence-electron chi connectivity index (χ3n) is 5.20. The largest absolute Gasteiger partial charge is 0.461 e. The van der Waals surface area contributed by atoms with Gasteiger partial charge in [-0.15, -0.1) is 0 Å². The fraction of sp³-hybridized carbons (Fsp3) is 0.296. The van der Waals surface area contributed by atoms with Crippen molar-refractivity contribution in [2.45, 2.75) is 48.0 Å². The Hall–Kier alpha value is -2.87. The summed E-state index contributed by atoms with van der Waals surface area (Å²) in [7, 11) is 0. The first-order valence-electron chi connectivity index (χ1n) is 10.3. The van der Waals surface area contributed by atoms with Gasteiger partial charge in [-0.2, -0.15) is 0 Å². The van der Waals surface area contributed by atoms with Crippen LogP contribution in [-0.2, 0) is 6.42 Å². The first-order valence-corrected chi connectivity index (χ1v) is 10.3. The van der Waals surface area contributed by atoms with Crippen LogP contribution in [0.5, 0.6) is 0 Å². The van der Waals surface area contributed by atoms with E-state index >= 15 is 0 Å². The minimum Gasteiger partial charge on any atom is -0.461 e. The molecular weight excluding hydrogens is 354 g/mol. The molecule has 148 valence electrons. The van der Waals surface area contributed by atoms with Crippen molar-refractivity contribution in [1.29, 1.82) is 0 Å². The molecule has 2 aromatic carbocycles. The van der Waals surface area contributed by atoms with Crippen molar-refractivity contribution in [2.75, 3.05) is 0 Å². The molecule has 2 aromatic heterocycles. The molecule has 0 aliphatic heterocycles. The van der Waals surface area contributed by atoms with Crippen molar-refractivity contribution in [1.82, 2.24) is 4.98 Å². The van der Waals surface area contributed by atoms with Crippen LogP contribution in [-0.4, -0.2) is 4.98 Å². The maximum Gasteiger partial charge on any atom is 0.137 e. The third-order valence-corrected chi connectivity index (χ3v) is 5.20. The lowest BCUT2D eigenvalue weighted by atomic mass is 9.91. The molecule has 2 heteroatoms. The van der Waals surface area contributed by atoms with Gasteiger partial charge in [0.05, 0.1) is 5.69 Å². The van der Waals surface area contributed by atoms with Gasteiger partial charge in [0.15, 0.2) is 0 Å². The molecule has 0 saturated heterocycles. The summed E-state index contributed by atoms with van der Waals surface area (Å²) in [6.07, 6.45) is 2.83. The minimum absolute atomic E-state index is 0.206. The van der Waals surface area contributed by atoms with Crippen LogP contribution in [0.3, 0.4) is 0 Å². The van der Waals surface area contributed by atoms with E-state index in [1.807, 2.05) is 6.20 Å². The average molecular weight is 384 g/mol. The second-order valence-electron chi connectivity index (χ2n) is 9.43. The van der Waals surface area contributed by atoms with Crippen molar-refractivity contribution in [3.8, 4) is 22.6 Å². The topological polar surface area (TPSA) is 26.0 Å². The predicted octanol–water partition coefficient (Wildman–Crippen LogP) is 7.68. The van der Waals surface area contributed by atoms with Crippen molar-refractivity contribution in [2.24, 2.45) is 5.41 Å². The van der Waals surface area contributed by atoms with E-state index in [1.54, 1.807) is 0 Å². The Morgan fingerprint density at radius 1 is 0.828 bits per heavy atom. The van der Waals surface area contributed by atoms with Gasteiger partial charge in [0.2, 0.25) is 0 Å². The summed E-state index contributed by atoms with van der Waals surface area (Å²) in [5.41, 5.74) is 7.23. The molecule has 0 aliphatic carbocycles. The summed E-state index contributed by atoms with van der Waals surface area (Å²) in [5.74, 6) is 2.02. The molecule has 0 atom stereocenters. The number of aromatic nitrogens is 1. The Morgan fingerprint density at radius 2 is 1.55 bits per heavy atom. The number of hydrogen-bond acceptors (Lipinski definition) is 2. The van der Waals surface area contributed by atoms with Crippen LogP contribution in [0.15, 0.2) is 59.1 Å². The first-order chi connectivity index (χ1) is 13.7. The van der Waals surface area contributed by atoms with Gasteiger partial charge < -0.3 is 4.42 Å². The summed E-state index contributed by atoms with van der Waals surface area (Å²) in [4.78, 5) is 4.70. The first kappa shape index (κ1) is 19.4. The lowest BCUT2D eigenvalue weighted by molar-refractivity contribution is 0.366. The van der Waals surface area contributed by atoms with E-state index in [2.05, 4.69) is 90.1 Å². The smallest absolute Gasteiger partial charge is 0.137 e. The number of pyridine rings is 1. The van der Waals surface area contributed by atoms with Gasteiger partial charge in [-0.1, -0.05) is 50.1 Å². The second-order valence-corrected chi connectivity index (χ2v) is 9.43. The molecule has 0 bridgehead atoms. The Bertz CT molecular complexity index is 1170. The Balaban J connectivity index is 1.79. The molecule has 29 heavy (non-hydrogen) atoms. The predicted molar refractivity (Wildman–Crippen MR) is 122 cm³/mol. The zero-order valence-corrected chi connectivity index (χ0v) is 18.3. The molecule has 4 rings (SSSR count). The molecule has 0 amide bonds. The summed E-state index contributed by atoms with van der Waals surface area (Å²) in [6.45, 7) is 13.1. The number of nitrogens with zero attached hydrogens (tertiary/aromatic N) is 1. The maximum absolute atomic E-state index is 6.26. The van der Waals surface area contributed by atoms with E-state index in [0.29, 0.717) is 0 Å². The van der Waals surface area contributed by atoms with Gasteiger partial charge in [0, 0.05) is 29.1 Å². The quantitative estimate of drug-likeness (QED) is 0.363. The van der Waals surface area contributed by atoms with Crippen LogP contribution >= 0.6 is 0 Å². The minimum atomic E-state index is 0.206. The summed E-state index contributed by atoms with van der Waals surface area (Å²) in [5, 5.41) is 2.35. The highest BCUT2D eigenvalue weighted by molar-refractivity contribution is 5.96. The molecule has 0 unspecified atom stereocenters. The molecule has 0 radical (unpaired) electrons. The Kier molecular flexibility index (Phi) is 4.82. The number of aryl methyl sites for hydroxylation is 3.